The van der Waals surface area contributed by atoms with Crippen LogP contribution >= 0.6 is 23.4 Å². The van der Waals surface area contributed by atoms with Gasteiger partial charge in [0.15, 0.2) is 0 Å². The Morgan fingerprint density at radius 3 is 2.74 bits per heavy atom. The van der Waals surface area contributed by atoms with E-state index in [2.05, 4.69) is 30.9 Å². The number of thioether (sulfide) groups is 1. The fraction of sp³-hybridized carbons (Fsp3) is 0.600. The van der Waals surface area contributed by atoms with Gasteiger partial charge in [0.1, 0.15) is 0 Å². The van der Waals surface area contributed by atoms with E-state index in [0.29, 0.717) is 4.75 Å². The van der Waals surface area contributed by atoms with E-state index < -0.39 is 0 Å². The summed E-state index contributed by atoms with van der Waals surface area (Å²) in [6.45, 7) is 8.75. The van der Waals surface area contributed by atoms with E-state index in [4.69, 9.17) is 17.3 Å². The first-order valence-corrected chi connectivity index (χ1v) is 8.19. The summed E-state index contributed by atoms with van der Waals surface area (Å²) in [5, 5.41) is 0.819. The highest BCUT2D eigenvalue weighted by molar-refractivity contribution is 8.00. The zero-order chi connectivity index (χ0) is 14.0. The van der Waals surface area contributed by atoms with Gasteiger partial charge in [-0.1, -0.05) is 31.5 Å². The van der Waals surface area contributed by atoms with Crippen LogP contribution in [0.2, 0.25) is 5.02 Å². The first kappa shape index (κ1) is 15.0. The van der Waals surface area contributed by atoms with Crippen LogP contribution in [0.3, 0.4) is 0 Å². The second-order valence-corrected chi connectivity index (χ2v) is 8.05. The third kappa shape index (κ3) is 3.80. The maximum Gasteiger partial charge on any atom is 0.0642 e. The zero-order valence-corrected chi connectivity index (χ0v) is 13.5. The van der Waals surface area contributed by atoms with E-state index in [0.717, 1.165) is 35.1 Å². The number of benzene rings is 1. The van der Waals surface area contributed by atoms with Crippen molar-refractivity contribution in [3.63, 3.8) is 0 Å². The lowest BCUT2D eigenvalue weighted by Gasteiger charge is -2.25. The Morgan fingerprint density at radius 1 is 1.37 bits per heavy atom. The van der Waals surface area contributed by atoms with Crippen LogP contribution in [0.25, 0.3) is 0 Å². The summed E-state index contributed by atoms with van der Waals surface area (Å²) in [4.78, 5) is 2.40. The third-order valence-corrected chi connectivity index (χ3v) is 5.35. The fourth-order valence-electron chi connectivity index (χ4n) is 2.32. The van der Waals surface area contributed by atoms with E-state index in [-0.39, 0.29) is 6.04 Å². The number of hydrogen-bond acceptors (Lipinski definition) is 3. The lowest BCUT2D eigenvalue weighted by Crippen LogP contribution is -2.27. The first-order chi connectivity index (χ1) is 8.89. The minimum absolute atomic E-state index is 0.0326. The molecule has 0 bridgehead atoms. The number of anilines is 1. The van der Waals surface area contributed by atoms with Gasteiger partial charge < -0.3 is 10.6 Å². The van der Waals surface area contributed by atoms with Crippen molar-refractivity contribution in [1.82, 2.24) is 0 Å². The summed E-state index contributed by atoms with van der Waals surface area (Å²) >= 11 is 8.48. The van der Waals surface area contributed by atoms with Gasteiger partial charge in [0.25, 0.3) is 0 Å². The number of hydrogen-bond donors (Lipinski definition) is 1. The summed E-state index contributed by atoms with van der Waals surface area (Å²) in [6, 6.07) is 6.24. The molecule has 2 rings (SSSR count). The van der Waals surface area contributed by atoms with Gasteiger partial charge in [0.2, 0.25) is 0 Å². The molecule has 1 aliphatic rings. The molecule has 4 heteroatoms. The molecule has 2 N–H and O–H groups in total. The SMILES string of the molecule is CC(N)c1ccc(N2CCSC(C)(C)CC2)c(Cl)c1. The molecule has 0 aromatic heterocycles. The van der Waals surface area contributed by atoms with Crippen LogP contribution in [0.4, 0.5) is 5.69 Å². The highest BCUT2D eigenvalue weighted by Crippen LogP contribution is 2.35. The molecule has 1 fully saturated rings. The Morgan fingerprint density at radius 2 is 2.11 bits per heavy atom. The molecule has 106 valence electrons. The minimum atomic E-state index is 0.0326. The molecule has 2 nitrogen and oxygen atoms in total. The van der Waals surface area contributed by atoms with Gasteiger partial charge in [-0.3, -0.25) is 0 Å². The molecule has 0 saturated carbocycles. The Balaban J connectivity index is 2.18. The highest BCUT2D eigenvalue weighted by atomic mass is 35.5. The number of nitrogens with two attached hydrogens (primary N) is 1. The molecule has 1 aromatic carbocycles. The van der Waals surface area contributed by atoms with Crippen LogP contribution in [-0.2, 0) is 0 Å². The van der Waals surface area contributed by atoms with E-state index in [1.807, 2.05) is 24.8 Å². The Bertz CT molecular complexity index is 446. The van der Waals surface area contributed by atoms with Crippen LogP contribution in [0, 0.1) is 0 Å². The average Bonchev–Trinajstić information content (AvgIpc) is 2.50. The molecule has 1 saturated heterocycles. The third-order valence-electron chi connectivity index (χ3n) is 3.68. The van der Waals surface area contributed by atoms with Crippen molar-refractivity contribution >= 4 is 29.1 Å². The quantitative estimate of drug-likeness (QED) is 0.892. The van der Waals surface area contributed by atoms with Crippen molar-refractivity contribution in [3.05, 3.63) is 28.8 Å². The lowest BCUT2D eigenvalue weighted by atomic mass is 10.1. The van der Waals surface area contributed by atoms with Gasteiger partial charge in [-0.15, -0.1) is 0 Å². The van der Waals surface area contributed by atoms with Gasteiger partial charge >= 0.3 is 0 Å². The molecule has 1 unspecified atom stereocenters. The number of rotatable bonds is 2. The molecule has 0 spiro atoms. The summed E-state index contributed by atoms with van der Waals surface area (Å²) in [5.41, 5.74) is 8.13. The molecular weight excluding hydrogens is 276 g/mol. The average molecular weight is 299 g/mol. The lowest BCUT2D eigenvalue weighted by molar-refractivity contribution is 0.637. The van der Waals surface area contributed by atoms with Crippen molar-refractivity contribution < 1.29 is 0 Å². The van der Waals surface area contributed by atoms with Crippen molar-refractivity contribution in [2.45, 2.75) is 38.0 Å². The molecular formula is C15H23ClN2S. The van der Waals surface area contributed by atoms with Crippen LogP contribution in [0.15, 0.2) is 18.2 Å². The van der Waals surface area contributed by atoms with Crippen LogP contribution < -0.4 is 10.6 Å². The predicted octanol–water partition coefficient (Wildman–Crippen LogP) is 4.08. The van der Waals surface area contributed by atoms with Gasteiger partial charge in [-0.05, 0) is 31.0 Å². The van der Waals surface area contributed by atoms with E-state index >= 15 is 0 Å². The summed E-state index contributed by atoms with van der Waals surface area (Å²) < 4.78 is 0.368. The standard InChI is InChI=1S/C15H23ClN2S/c1-11(17)12-4-5-14(13(16)10-12)18-7-6-15(2,3)19-9-8-18/h4-5,10-11H,6-9,17H2,1-3H3. The zero-order valence-electron chi connectivity index (χ0n) is 11.9. The van der Waals surface area contributed by atoms with Crippen molar-refractivity contribution in [1.29, 1.82) is 0 Å². The summed E-state index contributed by atoms with van der Waals surface area (Å²) in [6.07, 6.45) is 1.18. The Hall–Kier alpha value is -0.380. The van der Waals surface area contributed by atoms with Crippen LogP contribution in [0.1, 0.15) is 38.8 Å². The monoisotopic (exact) mass is 298 g/mol. The van der Waals surface area contributed by atoms with Crippen molar-refractivity contribution in [3.8, 4) is 0 Å². The Kier molecular flexibility index (Phi) is 4.70. The molecule has 0 radical (unpaired) electrons. The molecule has 0 aliphatic carbocycles. The minimum Gasteiger partial charge on any atom is -0.369 e. The smallest absolute Gasteiger partial charge is 0.0642 e. The van der Waals surface area contributed by atoms with Gasteiger partial charge in [-0.2, -0.15) is 11.8 Å². The first-order valence-electron chi connectivity index (χ1n) is 6.83. The highest BCUT2D eigenvalue weighted by Gasteiger charge is 2.24. The Labute approximate surface area is 125 Å². The second-order valence-electron chi connectivity index (χ2n) is 5.84. The molecule has 19 heavy (non-hydrogen) atoms. The normalized spacial score (nSPS) is 21.0. The van der Waals surface area contributed by atoms with Gasteiger partial charge in [0, 0.05) is 29.6 Å². The maximum absolute atomic E-state index is 6.43. The van der Waals surface area contributed by atoms with Crippen molar-refractivity contribution in [2.75, 3.05) is 23.7 Å². The van der Waals surface area contributed by atoms with Crippen LogP contribution in [0.5, 0.6) is 0 Å². The number of nitrogens with zero attached hydrogens (tertiary/aromatic N) is 1. The molecule has 1 aliphatic heterocycles. The maximum atomic E-state index is 6.43. The van der Waals surface area contributed by atoms with E-state index in [1.54, 1.807) is 0 Å². The predicted molar refractivity (Wildman–Crippen MR) is 87.4 cm³/mol. The van der Waals surface area contributed by atoms with Gasteiger partial charge in [0.05, 0.1) is 10.7 Å². The second kappa shape index (κ2) is 5.94. The fourth-order valence-corrected chi connectivity index (χ4v) is 3.73. The van der Waals surface area contributed by atoms with Crippen molar-refractivity contribution in [2.24, 2.45) is 5.73 Å². The largest absolute Gasteiger partial charge is 0.369 e. The molecule has 1 atom stereocenters. The molecule has 1 aromatic rings. The van der Waals surface area contributed by atoms with Crippen LogP contribution in [-0.4, -0.2) is 23.6 Å². The van der Waals surface area contributed by atoms with E-state index in [1.165, 1.54) is 6.42 Å². The summed E-state index contributed by atoms with van der Waals surface area (Å²) in [7, 11) is 0. The molecule has 0 amide bonds. The van der Waals surface area contributed by atoms with E-state index in [9.17, 15) is 0 Å². The molecule has 1 heterocycles. The summed E-state index contributed by atoms with van der Waals surface area (Å²) in [5.74, 6) is 1.15. The van der Waals surface area contributed by atoms with Gasteiger partial charge in [-0.25, -0.2) is 0 Å². The number of halogens is 1. The topological polar surface area (TPSA) is 29.3 Å².